The molecule has 0 aliphatic heterocycles. The summed E-state index contributed by atoms with van der Waals surface area (Å²) in [5.41, 5.74) is 2.09. The Labute approximate surface area is 69.7 Å². The molecule has 12 heavy (non-hydrogen) atoms. The summed E-state index contributed by atoms with van der Waals surface area (Å²) in [7, 11) is 0. The third kappa shape index (κ3) is 1.08. The predicted octanol–water partition coefficient (Wildman–Crippen LogP) is 2.50. The van der Waals surface area contributed by atoms with Crippen LogP contribution in [0, 0.1) is 5.92 Å². The SMILES string of the molecule is CC1=CC2=CCC1C2OC(F)F. The number of allylic oxidation sites excluding steroid dienone is 1. The van der Waals surface area contributed by atoms with Gasteiger partial charge >= 0.3 is 6.61 Å². The molecule has 2 bridgehead atoms. The fourth-order valence-electron chi connectivity index (χ4n) is 1.95. The third-order valence-electron chi connectivity index (χ3n) is 2.53. The lowest BCUT2D eigenvalue weighted by molar-refractivity contribution is -0.157. The van der Waals surface area contributed by atoms with E-state index in [2.05, 4.69) is 4.74 Å². The Hall–Kier alpha value is -0.700. The zero-order valence-corrected chi connectivity index (χ0v) is 6.76. The molecule has 0 heterocycles. The third-order valence-corrected chi connectivity index (χ3v) is 2.53. The van der Waals surface area contributed by atoms with Crippen LogP contribution in [0.4, 0.5) is 8.78 Å². The van der Waals surface area contributed by atoms with Gasteiger partial charge in [0.15, 0.2) is 0 Å². The van der Waals surface area contributed by atoms with Gasteiger partial charge in [0, 0.05) is 5.92 Å². The lowest BCUT2D eigenvalue weighted by Crippen LogP contribution is -2.20. The molecule has 2 rings (SSSR count). The highest BCUT2D eigenvalue weighted by atomic mass is 19.3. The van der Waals surface area contributed by atoms with Gasteiger partial charge in [0.1, 0.15) is 0 Å². The Bertz CT molecular complexity index is 255. The minimum atomic E-state index is -2.65. The average Bonchev–Trinajstić information content (AvgIpc) is 2.44. The molecule has 0 amide bonds. The van der Waals surface area contributed by atoms with Gasteiger partial charge in [-0.1, -0.05) is 17.7 Å². The van der Waals surface area contributed by atoms with Crippen molar-refractivity contribution in [2.75, 3.05) is 0 Å². The zero-order valence-electron chi connectivity index (χ0n) is 6.76. The second kappa shape index (κ2) is 2.66. The summed E-state index contributed by atoms with van der Waals surface area (Å²) in [6.45, 7) is -0.690. The van der Waals surface area contributed by atoms with Crippen LogP contribution in [-0.2, 0) is 4.74 Å². The van der Waals surface area contributed by atoms with Crippen LogP contribution in [-0.4, -0.2) is 12.7 Å². The van der Waals surface area contributed by atoms with Crippen molar-refractivity contribution in [2.45, 2.75) is 26.1 Å². The zero-order chi connectivity index (χ0) is 8.72. The lowest BCUT2D eigenvalue weighted by Gasteiger charge is -2.16. The highest BCUT2D eigenvalue weighted by Crippen LogP contribution is 2.41. The first-order chi connectivity index (χ1) is 5.68. The Morgan fingerprint density at radius 3 is 2.75 bits per heavy atom. The number of fused-ring (bicyclic) bond motifs is 2. The molecular weight excluding hydrogens is 162 g/mol. The molecule has 1 nitrogen and oxygen atoms in total. The van der Waals surface area contributed by atoms with E-state index in [1.54, 1.807) is 0 Å². The molecule has 2 aliphatic rings. The van der Waals surface area contributed by atoms with Crippen LogP contribution in [0.2, 0.25) is 0 Å². The molecule has 0 fully saturated rings. The van der Waals surface area contributed by atoms with Gasteiger partial charge in [-0.3, -0.25) is 0 Å². The van der Waals surface area contributed by atoms with E-state index in [1.807, 2.05) is 19.1 Å². The number of rotatable bonds is 2. The highest BCUT2D eigenvalue weighted by molar-refractivity contribution is 5.42. The number of ether oxygens (including phenoxy) is 1. The quantitative estimate of drug-likeness (QED) is 0.621. The fourth-order valence-corrected chi connectivity index (χ4v) is 1.95. The minimum absolute atomic E-state index is 0.175. The van der Waals surface area contributed by atoms with Gasteiger partial charge in [-0.15, -0.1) is 0 Å². The first kappa shape index (κ1) is 7.92. The van der Waals surface area contributed by atoms with Gasteiger partial charge in [0.25, 0.3) is 0 Å². The summed E-state index contributed by atoms with van der Waals surface area (Å²) in [6.07, 6.45) is 4.41. The van der Waals surface area contributed by atoms with E-state index >= 15 is 0 Å². The largest absolute Gasteiger partial charge is 0.345 e. The summed E-state index contributed by atoms with van der Waals surface area (Å²) in [5.74, 6) is 0.175. The predicted molar refractivity (Wildman–Crippen MR) is 40.8 cm³/mol. The first-order valence-electron chi connectivity index (χ1n) is 4.00. The van der Waals surface area contributed by atoms with E-state index in [0.717, 1.165) is 17.6 Å². The van der Waals surface area contributed by atoms with Crippen molar-refractivity contribution in [2.24, 2.45) is 5.92 Å². The van der Waals surface area contributed by atoms with E-state index in [-0.39, 0.29) is 12.0 Å². The van der Waals surface area contributed by atoms with Gasteiger partial charge < -0.3 is 4.74 Å². The summed E-state index contributed by atoms with van der Waals surface area (Å²) < 4.78 is 28.3. The monoisotopic (exact) mass is 172 g/mol. The number of halogens is 2. The smallest absolute Gasteiger partial charge is 0.314 e. The van der Waals surface area contributed by atoms with Crippen LogP contribution in [0.5, 0.6) is 0 Å². The van der Waals surface area contributed by atoms with E-state index in [0.29, 0.717) is 0 Å². The summed E-state index contributed by atoms with van der Waals surface area (Å²) in [4.78, 5) is 0. The maximum atomic E-state index is 11.9. The Morgan fingerprint density at radius 1 is 1.58 bits per heavy atom. The molecule has 0 N–H and O–H groups in total. The summed E-state index contributed by atoms with van der Waals surface area (Å²) in [5, 5.41) is 0. The summed E-state index contributed by atoms with van der Waals surface area (Å²) in [6, 6.07) is 0. The standard InChI is InChI=1S/C9H10F2O/c1-5-4-6-2-3-7(5)8(6)12-9(10)11/h2,4,7-9H,3H2,1H3. The van der Waals surface area contributed by atoms with Crippen molar-refractivity contribution in [3.63, 3.8) is 0 Å². The molecule has 0 aromatic heterocycles. The van der Waals surface area contributed by atoms with Crippen molar-refractivity contribution in [3.8, 4) is 0 Å². The second-order valence-electron chi connectivity index (χ2n) is 3.25. The summed E-state index contributed by atoms with van der Waals surface area (Å²) >= 11 is 0. The fraction of sp³-hybridized carbons (Fsp3) is 0.556. The van der Waals surface area contributed by atoms with Crippen LogP contribution >= 0.6 is 0 Å². The van der Waals surface area contributed by atoms with Gasteiger partial charge in [-0.25, -0.2) is 0 Å². The first-order valence-corrected chi connectivity index (χ1v) is 4.00. The van der Waals surface area contributed by atoms with Gasteiger partial charge in [0.05, 0.1) is 6.10 Å². The molecular formula is C9H10F2O. The van der Waals surface area contributed by atoms with Gasteiger partial charge in [0.2, 0.25) is 0 Å². The van der Waals surface area contributed by atoms with Crippen LogP contribution < -0.4 is 0 Å². The molecule has 0 spiro atoms. The second-order valence-corrected chi connectivity index (χ2v) is 3.25. The molecule has 2 aliphatic carbocycles. The molecule has 3 heteroatoms. The van der Waals surface area contributed by atoms with E-state index in [1.165, 1.54) is 0 Å². The van der Waals surface area contributed by atoms with Gasteiger partial charge in [-0.05, 0) is 18.9 Å². The topological polar surface area (TPSA) is 9.23 Å². The van der Waals surface area contributed by atoms with Crippen LogP contribution in [0.15, 0.2) is 23.3 Å². The van der Waals surface area contributed by atoms with Crippen molar-refractivity contribution in [1.29, 1.82) is 0 Å². The van der Waals surface area contributed by atoms with E-state index < -0.39 is 6.61 Å². The van der Waals surface area contributed by atoms with Crippen LogP contribution in [0.25, 0.3) is 0 Å². The van der Waals surface area contributed by atoms with Gasteiger partial charge in [-0.2, -0.15) is 8.78 Å². The number of hydrogen-bond acceptors (Lipinski definition) is 1. The molecule has 2 atom stereocenters. The van der Waals surface area contributed by atoms with Crippen LogP contribution in [0.3, 0.4) is 0 Å². The number of alkyl halides is 2. The van der Waals surface area contributed by atoms with Crippen molar-refractivity contribution in [3.05, 3.63) is 23.3 Å². The van der Waals surface area contributed by atoms with Crippen molar-refractivity contribution >= 4 is 0 Å². The molecule has 0 aromatic carbocycles. The normalized spacial score (nSPS) is 32.7. The minimum Gasteiger partial charge on any atom is -0.314 e. The average molecular weight is 172 g/mol. The van der Waals surface area contributed by atoms with E-state index in [4.69, 9.17) is 0 Å². The molecule has 0 aromatic rings. The molecule has 0 saturated heterocycles. The Morgan fingerprint density at radius 2 is 2.33 bits per heavy atom. The van der Waals surface area contributed by atoms with Crippen LogP contribution in [0.1, 0.15) is 13.3 Å². The lowest BCUT2D eigenvalue weighted by atomic mass is 10.0. The maximum absolute atomic E-state index is 11.9. The Kier molecular flexibility index (Phi) is 1.76. The molecule has 0 saturated carbocycles. The van der Waals surface area contributed by atoms with Crippen molar-refractivity contribution < 1.29 is 13.5 Å². The Balaban J connectivity index is 2.10. The molecule has 0 radical (unpaired) electrons. The van der Waals surface area contributed by atoms with E-state index in [9.17, 15) is 8.78 Å². The number of hydrogen-bond donors (Lipinski definition) is 0. The highest BCUT2D eigenvalue weighted by Gasteiger charge is 2.37. The molecule has 66 valence electrons. The van der Waals surface area contributed by atoms with Crippen molar-refractivity contribution in [1.82, 2.24) is 0 Å². The maximum Gasteiger partial charge on any atom is 0.345 e. The molecule has 2 unspecified atom stereocenters.